The van der Waals surface area contributed by atoms with Gasteiger partial charge in [0.05, 0.1) is 22.0 Å². The number of hydrogen-bond acceptors (Lipinski definition) is 5. The van der Waals surface area contributed by atoms with Crippen LogP contribution in [0.15, 0.2) is 48.8 Å². The molecule has 0 aliphatic heterocycles. The standard InChI is InChI=1S/C19H17ClF3N5/c1-11(2)25-18-26-15(12-6-8-24-9-7-12)10-16(28-18)27-17-13(19(21,22)23)4-3-5-14(17)20/h3-11H,1-2H3,(H2,25,26,27,28). The summed E-state index contributed by atoms with van der Waals surface area (Å²) in [5.74, 6) is 0.469. The minimum atomic E-state index is -4.56. The molecule has 0 aliphatic rings. The van der Waals surface area contributed by atoms with E-state index in [0.717, 1.165) is 11.6 Å². The van der Waals surface area contributed by atoms with Gasteiger partial charge in [-0.2, -0.15) is 18.2 Å². The predicted molar refractivity (Wildman–Crippen MR) is 104 cm³/mol. The lowest BCUT2D eigenvalue weighted by atomic mass is 10.1. The molecule has 0 bridgehead atoms. The molecule has 146 valence electrons. The van der Waals surface area contributed by atoms with Crippen LogP contribution in [0.3, 0.4) is 0 Å². The average Bonchev–Trinajstić information content (AvgIpc) is 2.62. The molecule has 3 aromatic rings. The highest BCUT2D eigenvalue weighted by atomic mass is 35.5. The van der Waals surface area contributed by atoms with Gasteiger partial charge in [0.2, 0.25) is 5.95 Å². The smallest absolute Gasteiger partial charge is 0.352 e. The van der Waals surface area contributed by atoms with Crippen molar-refractivity contribution in [3.8, 4) is 11.3 Å². The molecular weight excluding hydrogens is 391 g/mol. The maximum absolute atomic E-state index is 13.4. The van der Waals surface area contributed by atoms with Crippen LogP contribution in [0.5, 0.6) is 0 Å². The van der Waals surface area contributed by atoms with E-state index in [2.05, 4.69) is 25.6 Å². The quantitative estimate of drug-likeness (QED) is 0.561. The third-order valence-corrected chi connectivity index (χ3v) is 4.01. The molecule has 28 heavy (non-hydrogen) atoms. The first-order valence-electron chi connectivity index (χ1n) is 8.43. The van der Waals surface area contributed by atoms with E-state index >= 15 is 0 Å². The Morgan fingerprint density at radius 2 is 1.75 bits per heavy atom. The Hall–Kier alpha value is -2.87. The van der Waals surface area contributed by atoms with Crippen LogP contribution in [-0.4, -0.2) is 21.0 Å². The van der Waals surface area contributed by atoms with E-state index in [1.165, 1.54) is 12.1 Å². The van der Waals surface area contributed by atoms with Gasteiger partial charge in [0.1, 0.15) is 5.82 Å². The van der Waals surface area contributed by atoms with Crippen LogP contribution in [0.1, 0.15) is 19.4 Å². The van der Waals surface area contributed by atoms with Crippen LogP contribution in [0, 0.1) is 0 Å². The molecule has 0 aliphatic carbocycles. The van der Waals surface area contributed by atoms with Gasteiger partial charge in [-0.05, 0) is 38.1 Å². The minimum Gasteiger partial charge on any atom is -0.352 e. The topological polar surface area (TPSA) is 62.7 Å². The van der Waals surface area contributed by atoms with Crippen molar-refractivity contribution in [1.82, 2.24) is 15.0 Å². The Morgan fingerprint density at radius 1 is 1.04 bits per heavy atom. The predicted octanol–water partition coefficient (Wildman–Crippen LogP) is 5.77. The molecule has 0 fully saturated rings. The number of hydrogen-bond donors (Lipinski definition) is 2. The molecular formula is C19H17ClF3N5. The molecule has 2 N–H and O–H groups in total. The summed E-state index contributed by atoms with van der Waals surface area (Å²) < 4.78 is 40.1. The molecule has 0 amide bonds. The Kier molecular flexibility index (Phi) is 5.69. The van der Waals surface area contributed by atoms with Crippen molar-refractivity contribution >= 4 is 29.1 Å². The summed E-state index contributed by atoms with van der Waals surface area (Å²) >= 11 is 6.04. The maximum Gasteiger partial charge on any atom is 0.418 e. The number of nitrogens with zero attached hydrogens (tertiary/aromatic N) is 3. The summed E-state index contributed by atoms with van der Waals surface area (Å²) in [4.78, 5) is 12.7. The highest BCUT2D eigenvalue weighted by Gasteiger charge is 2.34. The number of anilines is 3. The summed E-state index contributed by atoms with van der Waals surface area (Å²) in [7, 11) is 0. The van der Waals surface area contributed by atoms with Gasteiger partial charge >= 0.3 is 6.18 Å². The summed E-state index contributed by atoms with van der Waals surface area (Å²) in [6.07, 6.45) is -1.35. The first kappa shape index (κ1) is 19.9. The fourth-order valence-electron chi connectivity index (χ4n) is 2.52. The zero-order chi connectivity index (χ0) is 20.3. The fraction of sp³-hybridized carbons (Fsp3) is 0.211. The number of pyridine rings is 1. The van der Waals surface area contributed by atoms with Crippen molar-refractivity contribution in [1.29, 1.82) is 0 Å². The molecule has 1 aromatic carbocycles. The number of nitrogens with one attached hydrogen (secondary N) is 2. The largest absolute Gasteiger partial charge is 0.418 e. The molecule has 5 nitrogen and oxygen atoms in total. The van der Waals surface area contributed by atoms with Gasteiger partial charge in [0, 0.05) is 30.1 Å². The zero-order valence-corrected chi connectivity index (χ0v) is 15.8. The van der Waals surface area contributed by atoms with E-state index in [1.807, 2.05) is 13.8 Å². The monoisotopic (exact) mass is 407 g/mol. The second kappa shape index (κ2) is 8.02. The van der Waals surface area contributed by atoms with Crippen molar-refractivity contribution in [3.63, 3.8) is 0 Å². The summed E-state index contributed by atoms with van der Waals surface area (Å²) in [6, 6.07) is 8.70. The fourth-order valence-corrected chi connectivity index (χ4v) is 2.74. The summed E-state index contributed by atoms with van der Waals surface area (Å²) in [6.45, 7) is 3.82. The Balaban J connectivity index is 2.08. The molecule has 0 radical (unpaired) electrons. The molecule has 9 heteroatoms. The van der Waals surface area contributed by atoms with E-state index < -0.39 is 11.7 Å². The van der Waals surface area contributed by atoms with Crippen LogP contribution in [0.2, 0.25) is 5.02 Å². The first-order valence-corrected chi connectivity index (χ1v) is 8.80. The van der Waals surface area contributed by atoms with Crippen LogP contribution in [-0.2, 0) is 6.18 Å². The van der Waals surface area contributed by atoms with E-state index in [1.54, 1.807) is 30.6 Å². The van der Waals surface area contributed by atoms with Crippen LogP contribution in [0.25, 0.3) is 11.3 Å². The van der Waals surface area contributed by atoms with Crippen LogP contribution in [0.4, 0.5) is 30.6 Å². The lowest BCUT2D eigenvalue weighted by Crippen LogP contribution is -2.14. The minimum absolute atomic E-state index is 0.0339. The summed E-state index contributed by atoms with van der Waals surface area (Å²) in [5, 5.41) is 5.72. The van der Waals surface area contributed by atoms with Gasteiger partial charge in [-0.15, -0.1) is 0 Å². The third-order valence-electron chi connectivity index (χ3n) is 3.69. The number of halogens is 4. The molecule has 0 spiro atoms. The maximum atomic E-state index is 13.4. The van der Waals surface area contributed by atoms with E-state index in [0.29, 0.717) is 5.69 Å². The SMILES string of the molecule is CC(C)Nc1nc(Nc2c(Cl)cccc2C(F)(F)F)cc(-c2ccncc2)n1. The van der Waals surface area contributed by atoms with Gasteiger partial charge in [0.25, 0.3) is 0 Å². The van der Waals surface area contributed by atoms with Crippen LogP contribution >= 0.6 is 11.6 Å². The Labute approximate surface area is 165 Å². The lowest BCUT2D eigenvalue weighted by molar-refractivity contribution is -0.136. The van der Waals surface area contributed by atoms with Crippen molar-refractivity contribution < 1.29 is 13.2 Å². The second-order valence-electron chi connectivity index (χ2n) is 6.28. The Bertz CT molecular complexity index is 962. The first-order chi connectivity index (χ1) is 13.2. The number of aromatic nitrogens is 3. The lowest BCUT2D eigenvalue weighted by Gasteiger charge is -2.17. The Morgan fingerprint density at radius 3 is 2.39 bits per heavy atom. The highest BCUT2D eigenvalue weighted by Crippen LogP contribution is 2.40. The zero-order valence-electron chi connectivity index (χ0n) is 15.0. The second-order valence-corrected chi connectivity index (χ2v) is 6.69. The van der Waals surface area contributed by atoms with Gasteiger partial charge in [-0.25, -0.2) is 4.98 Å². The van der Waals surface area contributed by atoms with Gasteiger partial charge in [-0.1, -0.05) is 17.7 Å². The number of rotatable bonds is 5. The van der Waals surface area contributed by atoms with Crippen LogP contribution < -0.4 is 10.6 Å². The van der Waals surface area contributed by atoms with Crippen molar-refractivity contribution in [2.45, 2.75) is 26.1 Å². The molecule has 3 rings (SSSR count). The van der Waals surface area contributed by atoms with E-state index in [9.17, 15) is 13.2 Å². The summed E-state index contributed by atoms with van der Waals surface area (Å²) in [5.41, 5.74) is 0.153. The number of benzene rings is 1. The van der Waals surface area contributed by atoms with Gasteiger partial charge < -0.3 is 10.6 Å². The molecule has 0 unspecified atom stereocenters. The van der Waals surface area contributed by atoms with Gasteiger partial charge in [-0.3, -0.25) is 4.98 Å². The molecule has 2 heterocycles. The number of para-hydroxylation sites is 1. The van der Waals surface area contributed by atoms with Gasteiger partial charge in [0.15, 0.2) is 0 Å². The molecule has 0 atom stereocenters. The van der Waals surface area contributed by atoms with Crippen molar-refractivity contribution in [3.05, 3.63) is 59.4 Å². The molecule has 0 saturated carbocycles. The normalized spacial score (nSPS) is 11.5. The van der Waals surface area contributed by atoms with Crippen molar-refractivity contribution in [2.75, 3.05) is 10.6 Å². The average molecular weight is 408 g/mol. The van der Waals surface area contributed by atoms with Crippen molar-refractivity contribution in [2.24, 2.45) is 0 Å². The third kappa shape index (κ3) is 4.69. The van der Waals surface area contributed by atoms with E-state index in [-0.39, 0.29) is 28.5 Å². The highest BCUT2D eigenvalue weighted by molar-refractivity contribution is 6.33. The van der Waals surface area contributed by atoms with E-state index in [4.69, 9.17) is 11.6 Å². The number of alkyl halides is 3. The molecule has 0 saturated heterocycles. The molecule has 2 aromatic heterocycles.